The first kappa shape index (κ1) is 8.30. The van der Waals surface area contributed by atoms with Gasteiger partial charge >= 0.3 is 8.56 Å². The van der Waals surface area contributed by atoms with Crippen molar-refractivity contribution in [1.82, 2.24) is 0 Å². The van der Waals surface area contributed by atoms with Crippen molar-refractivity contribution in [1.29, 1.82) is 0 Å². The maximum Gasteiger partial charge on any atom is 0.453 e. The summed E-state index contributed by atoms with van der Waals surface area (Å²) in [7, 11) is -1.94. The standard InChI is InChI=1S/C6H12O2Si/c1-5-7-9(3,4)8-6-2/h5-6H,1-2H2,3-4H3. The molecule has 0 bridgehead atoms. The maximum absolute atomic E-state index is 5.08. The van der Waals surface area contributed by atoms with Crippen LogP contribution >= 0.6 is 0 Å². The van der Waals surface area contributed by atoms with Crippen LogP contribution in [0.15, 0.2) is 25.7 Å². The molecule has 52 valence electrons. The van der Waals surface area contributed by atoms with Gasteiger partial charge in [-0.05, 0) is 0 Å². The lowest BCUT2D eigenvalue weighted by molar-refractivity contribution is 0.321. The van der Waals surface area contributed by atoms with Crippen LogP contribution < -0.4 is 0 Å². The van der Waals surface area contributed by atoms with Gasteiger partial charge in [0.05, 0.1) is 12.5 Å². The van der Waals surface area contributed by atoms with Gasteiger partial charge in [-0.25, -0.2) is 0 Å². The van der Waals surface area contributed by atoms with Crippen molar-refractivity contribution in [3.63, 3.8) is 0 Å². The Morgan fingerprint density at radius 2 is 1.44 bits per heavy atom. The van der Waals surface area contributed by atoms with Crippen molar-refractivity contribution in [2.45, 2.75) is 13.1 Å². The molecule has 0 saturated heterocycles. The largest absolute Gasteiger partial charge is 0.519 e. The Kier molecular flexibility index (Phi) is 3.09. The normalized spacial score (nSPS) is 10.0. The van der Waals surface area contributed by atoms with E-state index in [1.54, 1.807) is 0 Å². The highest BCUT2D eigenvalue weighted by atomic mass is 28.4. The number of rotatable bonds is 4. The molecule has 3 heteroatoms. The summed E-state index contributed by atoms with van der Waals surface area (Å²) in [6.07, 6.45) is 2.80. The molecule has 0 spiro atoms. The zero-order chi connectivity index (χ0) is 7.33. The van der Waals surface area contributed by atoms with Crippen LogP contribution in [-0.2, 0) is 8.85 Å². The molecule has 0 rings (SSSR count). The van der Waals surface area contributed by atoms with Gasteiger partial charge in [0.2, 0.25) is 0 Å². The monoisotopic (exact) mass is 144 g/mol. The SMILES string of the molecule is C=CO[Si](C)(C)OC=C. The topological polar surface area (TPSA) is 18.5 Å². The maximum atomic E-state index is 5.08. The zero-order valence-corrected chi connectivity index (χ0v) is 6.89. The molecule has 0 fully saturated rings. The van der Waals surface area contributed by atoms with Crippen molar-refractivity contribution >= 4 is 8.56 Å². The summed E-state index contributed by atoms with van der Waals surface area (Å²) in [5, 5.41) is 0. The van der Waals surface area contributed by atoms with Crippen molar-refractivity contribution in [3.8, 4) is 0 Å². The summed E-state index contributed by atoms with van der Waals surface area (Å²) < 4.78 is 10.2. The highest BCUT2D eigenvalue weighted by molar-refractivity contribution is 6.64. The van der Waals surface area contributed by atoms with E-state index in [-0.39, 0.29) is 0 Å². The second kappa shape index (κ2) is 3.35. The first-order valence-electron chi connectivity index (χ1n) is 2.70. The van der Waals surface area contributed by atoms with Gasteiger partial charge in [-0.2, -0.15) is 0 Å². The molecule has 0 aromatic heterocycles. The van der Waals surface area contributed by atoms with Crippen LogP contribution in [0, 0.1) is 0 Å². The van der Waals surface area contributed by atoms with Crippen molar-refractivity contribution in [3.05, 3.63) is 25.7 Å². The molecular weight excluding hydrogens is 132 g/mol. The Hall–Kier alpha value is -0.703. The van der Waals surface area contributed by atoms with E-state index in [9.17, 15) is 0 Å². The van der Waals surface area contributed by atoms with Gasteiger partial charge in [0, 0.05) is 13.1 Å². The summed E-state index contributed by atoms with van der Waals surface area (Å²) in [5.41, 5.74) is 0. The van der Waals surface area contributed by atoms with E-state index < -0.39 is 8.56 Å². The van der Waals surface area contributed by atoms with Crippen LogP contribution in [0.1, 0.15) is 0 Å². The summed E-state index contributed by atoms with van der Waals surface area (Å²) >= 11 is 0. The van der Waals surface area contributed by atoms with Gasteiger partial charge in [-0.15, -0.1) is 0 Å². The van der Waals surface area contributed by atoms with E-state index in [1.165, 1.54) is 12.5 Å². The Morgan fingerprint density at radius 3 is 1.67 bits per heavy atom. The van der Waals surface area contributed by atoms with Gasteiger partial charge in [0.1, 0.15) is 0 Å². The average molecular weight is 144 g/mol. The molecule has 0 aliphatic rings. The van der Waals surface area contributed by atoms with E-state index in [0.29, 0.717) is 0 Å². The molecule has 0 atom stereocenters. The molecule has 0 amide bonds. The molecule has 0 radical (unpaired) electrons. The quantitative estimate of drug-likeness (QED) is 0.444. The van der Waals surface area contributed by atoms with Gasteiger partial charge < -0.3 is 8.85 Å². The molecule has 0 N–H and O–H groups in total. The van der Waals surface area contributed by atoms with Crippen LogP contribution in [0.3, 0.4) is 0 Å². The van der Waals surface area contributed by atoms with Crippen molar-refractivity contribution in [2.24, 2.45) is 0 Å². The van der Waals surface area contributed by atoms with Crippen LogP contribution in [-0.4, -0.2) is 8.56 Å². The zero-order valence-electron chi connectivity index (χ0n) is 5.89. The lowest BCUT2D eigenvalue weighted by Crippen LogP contribution is -2.30. The first-order valence-corrected chi connectivity index (χ1v) is 5.51. The van der Waals surface area contributed by atoms with Crippen molar-refractivity contribution in [2.75, 3.05) is 0 Å². The van der Waals surface area contributed by atoms with E-state index in [2.05, 4.69) is 13.2 Å². The molecular formula is C6H12O2Si. The summed E-state index contributed by atoms with van der Waals surface area (Å²) in [6, 6.07) is 0. The predicted molar refractivity (Wildman–Crippen MR) is 40.0 cm³/mol. The summed E-state index contributed by atoms with van der Waals surface area (Å²) in [4.78, 5) is 0. The second-order valence-corrected chi connectivity index (χ2v) is 5.24. The lowest BCUT2D eigenvalue weighted by atomic mass is 11.2. The molecule has 0 saturated carbocycles. The highest BCUT2D eigenvalue weighted by Gasteiger charge is 2.24. The molecule has 0 aliphatic carbocycles. The van der Waals surface area contributed by atoms with Crippen LogP contribution in [0.25, 0.3) is 0 Å². The molecule has 0 heterocycles. The van der Waals surface area contributed by atoms with Gasteiger partial charge in [0.25, 0.3) is 0 Å². The van der Waals surface area contributed by atoms with Crippen LogP contribution in [0.2, 0.25) is 13.1 Å². The highest BCUT2D eigenvalue weighted by Crippen LogP contribution is 2.05. The minimum absolute atomic E-state index is 1.40. The molecule has 2 nitrogen and oxygen atoms in total. The fourth-order valence-corrected chi connectivity index (χ4v) is 1.29. The number of hydrogen-bond donors (Lipinski definition) is 0. The van der Waals surface area contributed by atoms with E-state index in [0.717, 1.165) is 0 Å². The first-order chi connectivity index (χ1) is 4.12. The third-order valence-corrected chi connectivity index (χ3v) is 2.20. The van der Waals surface area contributed by atoms with Gasteiger partial charge in [-0.3, -0.25) is 0 Å². The second-order valence-electron chi connectivity index (χ2n) is 1.97. The van der Waals surface area contributed by atoms with Crippen LogP contribution in [0.4, 0.5) is 0 Å². The fraction of sp³-hybridized carbons (Fsp3) is 0.333. The lowest BCUT2D eigenvalue weighted by Gasteiger charge is -2.18. The Balaban J connectivity index is 3.68. The average Bonchev–Trinajstić information content (AvgIpc) is 1.64. The molecule has 0 aromatic carbocycles. The Morgan fingerprint density at radius 1 is 1.11 bits per heavy atom. The third-order valence-electron chi connectivity index (χ3n) is 0.734. The van der Waals surface area contributed by atoms with E-state index in [4.69, 9.17) is 8.85 Å². The fourth-order valence-electron chi connectivity index (χ4n) is 0.429. The summed E-state index contributed by atoms with van der Waals surface area (Å²) in [5.74, 6) is 0. The molecule has 0 aliphatic heterocycles. The van der Waals surface area contributed by atoms with Gasteiger partial charge in [0.15, 0.2) is 0 Å². The Bertz CT molecular complexity index is 97.6. The van der Waals surface area contributed by atoms with E-state index in [1.807, 2.05) is 13.1 Å². The van der Waals surface area contributed by atoms with Gasteiger partial charge in [-0.1, -0.05) is 13.2 Å². The van der Waals surface area contributed by atoms with Crippen molar-refractivity contribution < 1.29 is 8.85 Å². The molecule has 0 aromatic rings. The molecule has 0 unspecified atom stereocenters. The smallest absolute Gasteiger partial charge is 0.453 e. The summed E-state index contributed by atoms with van der Waals surface area (Å²) in [6.45, 7) is 10.7. The predicted octanol–water partition coefficient (Wildman–Crippen LogP) is 2.01. The molecule has 9 heavy (non-hydrogen) atoms. The minimum Gasteiger partial charge on any atom is -0.519 e. The Labute approximate surface area is 57.0 Å². The third kappa shape index (κ3) is 3.85. The number of hydrogen-bond acceptors (Lipinski definition) is 2. The minimum atomic E-state index is -1.94. The van der Waals surface area contributed by atoms with E-state index >= 15 is 0 Å². The van der Waals surface area contributed by atoms with Crippen LogP contribution in [0.5, 0.6) is 0 Å².